The predicted molar refractivity (Wildman–Crippen MR) is 97.7 cm³/mol. The lowest BCUT2D eigenvalue weighted by Crippen LogP contribution is -2.44. The second-order valence-electron chi connectivity index (χ2n) is 6.84. The van der Waals surface area contributed by atoms with E-state index in [2.05, 4.69) is 5.10 Å². The summed E-state index contributed by atoms with van der Waals surface area (Å²) >= 11 is 0. The Balaban J connectivity index is 1.69. The first-order chi connectivity index (χ1) is 12.1. The normalized spacial score (nSPS) is 17.7. The summed E-state index contributed by atoms with van der Waals surface area (Å²) in [6.45, 7) is 5.63. The Morgan fingerprint density at radius 1 is 1.28 bits per heavy atom. The number of benzene rings is 1. The largest absolute Gasteiger partial charge is 0.508 e. The van der Waals surface area contributed by atoms with E-state index in [1.54, 1.807) is 12.1 Å². The first-order valence-corrected chi connectivity index (χ1v) is 9.22. The predicted octanol–water partition coefficient (Wildman–Crippen LogP) is 3.54. The molecule has 1 fully saturated rings. The van der Waals surface area contributed by atoms with Gasteiger partial charge < -0.3 is 10.0 Å². The van der Waals surface area contributed by atoms with Crippen LogP contribution in [0.3, 0.4) is 0 Å². The van der Waals surface area contributed by atoms with E-state index >= 15 is 0 Å². The fourth-order valence-electron chi connectivity index (χ4n) is 3.65. The van der Waals surface area contributed by atoms with Gasteiger partial charge in [-0.1, -0.05) is 12.1 Å². The summed E-state index contributed by atoms with van der Waals surface area (Å²) in [4.78, 5) is 15.0. The van der Waals surface area contributed by atoms with E-state index in [0.717, 1.165) is 44.5 Å². The molecule has 0 aliphatic carbocycles. The first-order valence-electron chi connectivity index (χ1n) is 9.22. The van der Waals surface area contributed by atoms with E-state index in [-0.39, 0.29) is 11.9 Å². The highest BCUT2D eigenvalue weighted by Crippen LogP contribution is 2.24. The number of aromatic nitrogens is 2. The zero-order valence-corrected chi connectivity index (χ0v) is 15.1. The van der Waals surface area contributed by atoms with Gasteiger partial charge in [0.05, 0.1) is 0 Å². The minimum absolute atomic E-state index is 0.0608. The number of rotatable bonds is 5. The van der Waals surface area contributed by atoms with Crippen molar-refractivity contribution in [3.8, 4) is 5.75 Å². The van der Waals surface area contributed by atoms with Crippen molar-refractivity contribution in [2.24, 2.45) is 0 Å². The number of hydrogen-bond acceptors (Lipinski definition) is 3. The molecule has 1 aromatic heterocycles. The number of phenols is 1. The fraction of sp³-hybridized carbons (Fsp3) is 0.500. The molecule has 1 aliphatic rings. The van der Waals surface area contributed by atoms with Crippen LogP contribution in [0, 0.1) is 6.92 Å². The van der Waals surface area contributed by atoms with Crippen molar-refractivity contribution in [3.63, 3.8) is 0 Å². The lowest BCUT2D eigenvalue weighted by atomic mass is 9.95. The molecule has 1 saturated heterocycles. The number of aryl methyl sites for hydroxylation is 3. The Hall–Kier alpha value is -2.30. The van der Waals surface area contributed by atoms with Crippen LogP contribution < -0.4 is 0 Å². The Morgan fingerprint density at radius 2 is 2.04 bits per heavy atom. The van der Waals surface area contributed by atoms with Crippen molar-refractivity contribution in [2.75, 3.05) is 6.54 Å². The van der Waals surface area contributed by atoms with Crippen LogP contribution in [-0.4, -0.2) is 38.3 Å². The molecule has 0 bridgehead atoms. The summed E-state index contributed by atoms with van der Waals surface area (Å²) in [6, 6.07) is 9.52. The molecule has 1 N–H and O–H groups in total. The summed E-state index contributed by atoms with van der Waals surface area (Å²) in [6.07, 6.45) is 5.15. The number of carbonyl (C=O) groups excluding carboxylic acids is 1. The second kappa shape index (κ2) is 7.72. The molecule has 5 heteroatoms. The van der Waals surface area contributed by atoms with E-state index in [4.69, 9.17) is 0 Å². The summed E-state index contributed by atoms with van der Waals surface area (Å²) < 4.78 is 1.88. The molecule has 25 heavy (non-hydrogen) atoms. The van der Waals surface area contributed by atoms with Gasteiger partial charge in [-0.2, -0.15) is 5.10 Å². The fourth-order valence-corrected chi connectivity index (χ4v) is 3.65. The molecule has 2 aromatic rings. The standard InChI is InChI=1S/C20H27N3O2/c1-3-23-15(2)14-19(21-23)20(25)22-13-5-4-6-17(22)10-7-16-8-11-18(24)12-9-16/h8-9,11-12,14,17,24H,3-7,10,13H2,1-2H3/t17-/m1/s1. The molecule has 0 radical (unpaired) electrons. The van der Waals surface area contributed by atoms with Crippen LogP contribution in [0.4, 0.5) is 0 Å². The van der Waals surface area contributed by atoms with Gasteiger partial charge >= 0.3 is 0 Å². The number of likely N-dealkylation sites (tertiary alicyclic amines) is 1. The molecular weight excluding hydrogens is 314 g/mol. The molecule has 1 atom stereocenters. The SMILES string of the molecule is CCn1nc(C(=O)N2CCCC[C@@H]2CCc2ccc(O)cc2)cc1C. The topological polar surface area (TPSA) is 58.4 Å². The lowest BCUT2D eigenvalue weighted by molar-refractivity contribution is 0.0595. The number of phenolic OH excluding ortho intramolecular Hbond substituents is 1. The lowest BCUT2D eigenvalue weighted by Gasteiger charge is -2.35. The third-order valence-corrected chi connectivity index (χ3v) is 5.09. The van der Waals surface area contributed by atoms with E-state index in [0.29, 0.717) is 11.4 Å². The van der Waals surface area contributed by atoms with Crippen LogP contribution in [0.5, 0.6) is 5.75 Å². The molecule has 0 saturated carbocycles. The first kappa shape index (κ1) is 17.5. The molecule has 3 rings (SSSR count). The van der Waals surface area contributed by atoms with E-state index in [9.17, 15) is 9.90 Å². The minimum Gasteiger partial charge on any atom is -0.508 e. The van der Waals surface area contributed by atoms with Gasteiger partial charge in [-0.3, -0.25) is 9.48 Å². The van der Waals surface area contributed by atoms with Crippen molar-refractivity contribution < 1.29 is 9.90 Å². The maximum atomic E-state index is 13.0. The van der Waals surface area contributed by atoms with Gasteiger partial charge in [-0.25, -0.2) is 0 Å². The molecule has 1 amide bonds. The molecule has 134 valence electrons. The summed E-state index contributed by atoms with van der Waals surface area (Å²) in [5.74, 6) is 0.353. The van der Waals surface area contributed by atoms with Crippen LogP contribution in [0.1, 0.15) is 54.4 Å². The smallest absolute Gasteiger partial charge is 0.274 e. The molecule has 1 aromatic carbocycles. The van der Waals surface area contributed by atoms with Gasteiger partial charge in [0.2, 0.25) is 0 Å². The monoisotopic (exact) mass is 341 g/mol. The maximum absolute atomic E-state index is 13.0. The third kappa shape index (κ3) is 4.03. The maximum Gasteiger partial charge on any atom is 0.274 e. The van der Waals surface area contributed by atoms with Crippen molar-refractivity contribution in [3.05, 3.63) is 47.3 Å². The van der Waals surface area contributed by atoms with E-state index in [1.807, 2.05) is 41.6 Å². The summed E-state index contributed by atoms with van der Waals surface area (Å²) in [5, 5.41) is 13.9. The van der Waals surface area contributed by atoms with Crippen molar-refractivity contribution in [2.45, 2.75) is 58.5 Å². The quantitative estimate of drug-likeness (QED) is 0.905. The van der Waals surface area contributed by atoms with Crippen LogP contribution in [-0.2, 0) is 13.0 Å². The molecule has 0 unspecified atom stereocenters. The van der Waals surface area contributed by atoms with Gasteiger partial charge in [0, 0.05) is 24.8 Å². The molecule has 2 heterocycles. The number of hydrogen-bond donors (Lipinski definition) is 1. The zero-order valence-electron chi connectivity index (χ0n) is 15.1. The number of aromatic hydroxyl groups is 1. The van der Waals surface area contributed by atoms with Gasteiger partial charge in [0.1, 0.15) is 5.75 Å². The summed E-state index contributed by atoms with van der Waals surface area (Å²) in [5.41, 5.74) is 2.79. The molecule has 0 spiro atoms. The zero-order chi connectivity index (χ0) is 17.8. The van der Waals surface area contributed by atoms with Gasteiger partial charge in [-0.05, 0) is 69.7 Å². The van der Waals surface area contributed by atoms with E-state index in [1.165, 1.54) is 12.0 Å². The Morgan fingerprint density at radius 3 is 2.72 bits per heavy atom. The Kier molecular flexibility index (Phi) is 5.41. The van der Waals surface area contributed by atoms with Crippen molar-refractivity contribution in [1.82, 2.24) is 14.7 Å². The van der Waals surface area contributed by atoms with Crippen LogP contribution >= 0.6 is 0 Å². The van der Waals surface area contributed by atoms with Gasteiger partial charge in [0.15, 0.2) is 5.69 Å². The Bertz CT molecular complexity index is 721. The average Bonchev–Trinajstić information content (AvgIpc) is 3.02. The van der Waals surface area contributed by atoms with Crippen LogP contribution in [0.15, 0.2) is 30.3 Å². The third-order valence-electron chi connectivity index (χ3n) is 5.09. The van der Waals surface area contributed by atoms with Crippen LogP contribution in [0.25, 0.3) is 0 Å². The van der Waals surface area contributed by atoms with Gasteiger partial charge in [0.25, 0.3) is 5.91 Å². The highest BCUT2D eigenvalue weighted by molar-refractivity contribution is 5.92. The second-order valence-corrected chi connectivity index (χ2v) is 6.84. The van der Waals surface area contributed by atoms with Gasteiger partial charge in [-0.15, -0.1) is 0 Å². The van der Waals surface area contributed by atoms with E-state index < -0.39 is 0 Å². The number of carbonyl (C=O) groups is 1. The number of amides is 1. The average molecular weight is 341 g/mol. The molecule has 5 nitrogen and oxygen atoms in total. The highest BCUT2D eigenvalue weighted by atomic mass is 16.3. The molecular formula is C20H27N3O2. The Labute approximate surface area is 149 Å². The number of piperidine rings is 1. The minimum atomic E-state index is 0.0608. The highest BCUT2D eigenvalue weighted by Gasteiger charge is 2.28. The molecule has 1 aliphatic heterocycles. The summed E-state index contributed by atoms with van der Waals surface area (Å²) in [7, 11) is 0. The number of nitrogens with zero attached hydrogens (tertiary/aromatic N) is 3. The van der Waals surface area contributed by atoms with Crippen molar-refractivity contribution >= 4 is 5.91 Å². The van der Waals surface area contributed by atoms with Crippen molar-refractivity contribution in [1.29, 1.82) is 0 Å². The van der Waals surface area contributed by atoms with Crippen LogP contribution in [0.2, 0.25) is 0 Å².